The Bertz CT molecular complexity index is 980. The second-order valence-electron chi connectivity index (χ2n) is 5.54. The van der Waals surface area contributed by atoms with Crippen LogP contribution in [0.2, 0.25) is 0 Å². The van der Waals surface area contributed by atoms with Gasteiger partial charge in [-0.1, -0.05) is 23.4 Å². The van der Waals surface area contributed by atoms with Gasteiger partial charge < -0.3 is 10.1 Å². The van der Waals surface area contributed by atoms with E-state index >= 15 is 0 Å². The van der Waals surface area contributed by atoms with Crippen molar-refractivity contribution in [2.24, 2.45) is 0 Å². The number of hydrogen-bond donors (Lipinski definition) is 2. The molecule has 7 nitrogen and oxygen atoms in total. The molecule has 1 amide bonds. The van der Waals surface area contributed by atoms with Crippen molar-refractivity contribution in [2.75, 3.05) is 12.4 Å². The lowest BCUT2D eigenvalue weighted by atomic mass is 10.1. The van der Waals surface area contributed by atoms with E-state index in [0.717, 1.165) is 15.8 Å². The number of hydrogen-bond acceptors (Lipinski definition) is 5. The van der Waals surface area contributed by atoms with Crippen molar-refractivity contribution in [1.82, 2.24) is 10.1 Å². The number of aromatic amines is 1. The Kier molecular flexibility index (Phi) is 5.52. The molecule has 0 bridgehead atoms. The van der Waals surface area contributed by atoms with Gasteiger partial charge in [-0.3, -0.25) is 14.3 Å². The second kappa shape index (κ2) is 8.01. The normalized spacial score (nSPS) is 10.5. The lowest BCUT2D eigenvalue weighted by Crippen LogP contribution is -2.12. The van der Waals surface area contributed by atoms with Gasteiger partial charge in [-0.15, -0.1) is 0 Å². The molecule has 0 atom stereocenters. The predicted molar refractivity (Wildman–Crippen MR) is 100 cm³/mol. The number of nitrogens with zero attached hydrogens (tertiary/aromatic N) is 1. The lowest BCUT2D eigenvalue weighted by Gasteiger charge is -2.08. The van der Waals surface area contributed by atoms with Crippen LogP contribution in [0.15, 0.2) is 56.3 Å². The van der Waals surface area contributed by atoms with Crippen LogP contribution < -0.4 is 15.8 Å². The Hall–Kier alpha value is -2.87. The molecule has 0 saturated carbocycles. The molecular weight excluding hydrogens is 402 g/mol. The van der Waals surface area contributed by atoms with Crippen molar-refractivity contribution in [3.8, 4) is 17.1 Å². The Balaban J connectivity index is 1.61. The van der Waals surface area contributed by atoms with Crippen molar-refractivity contribution >= 4 is 27.5 Å². The molecule has 0 aliphatic rings. The minimum atomic E-state index is -0.625. The fourth-order valence-electron chi connectivity index (χ4n) is 2.45. The fourth-order valence-corrected chi connectivity index (χ4v) is 3.03. The molecule has 134 valence electrons. The van der Waals surface area contributed by atoms with Gasteiger partial charge >= 0.3 is 5.76 Å². The first-order valence-corrected chi connectivity index (χ1v) is 8.63. The maximum Gasteiger partial charge on any atom is 0.439 e. The number of carbonyl (C=O) groups excluding carboxylic acids is 1. The van der Waals surface area contributed by atoms with Crippen molar-refractivity contribution in [1.29, 1.82) is 0 Å². The van der Waals surface area contributed by atoms with Gasteiger partial charge in [-0.2, -0.15) is 0 Å². The average molecular weight is 418 g/mol. The standard InChI is InChI=1S/C18H16BrN3O4/c1-25-15-7-5-11(9-14(15)19)6-8-16(23)20-13-4-2-3-12(10-13)17-21-18(24)26-22-17/h2-5,7,9-10H,6,8H2,1H3,(H,20,23)(H,21,22,24). The summed E-state index contributed by atoms with van der Waals surface area (Å²) in [5, 5.41) is 6.47. The molecule has 0 fully saturated rings. The van der Waals surface area contributed by atoms with Crippen LogP contribution in [0.5, 0.6) is 5.75 Å². The van der Waals surface area contributed by atoms with E-state index in [1.807, 2.05) is 18.2 Å². The van der Waals surface area contributed by atoms with Crippen LogP contribution in [-0.2, 0) is 11.2 Å². The third-order valence-corrected chi connectivity index (χ3v) is 4.34. The highest BCUT2D eigenvalue weighted by atomic mass is 79.9. The number of nitrogens with one attached hydrogen (secondary N) is 2. The molecule has 8 heteroatoms. The predicted octanol–water partition coefficient (Wildman–Crippen LogP) is 3.37. The summed E-state index contributed by atoms with van der Waals surface area (Å²) >= 11 is 3.44. The third kappa shape index (κ3) is 4.40. The molecule has 3 rings (SSSR count). The first kappa shape index (κ1) is 17.9. The molecule has 0 unspecified atom stereocenters. The van der Waals surface area contributed by atoms with E-state index in [4.69, 9.17) is 4.74 Å². The van der Waals surface area contributed by atoms with Gasteiger partial charge in [0, 0.05) is 17.7 Å². The molecule has 0 aliphatic carbocycles. The van der Waals surface area contributed by atoms with Crippen LogP contribution in [0, 0.1) is 0 Å². The molecular formula is C18H16BrN3O4. The number of halogens is 1. The summed E-state index contributed by atoms with van der Waals surface area (Å²) in [6.07, 6.45) is 0.939. The van der Waals surface area contributed by atoms with E-state index in [0.29, 0.717) is 29.9 Å². The van der Waals surface area contributed by atoms with Crippen molar-refractivity contribution in [3.63, 3.8) is 0 Å². The number of amides is 1. The van der Waals surface area contributed by atoms with Gasteiger partial charge in [0.15, 0.2) is 5.82 Å². The van der Waals surface area contributed by atoms with Crippen LogP contribution in [0.4, 0.5) is 5.69 Å². The van der Waals surface area contributed by atoms with Crippen molar-refractivity contribution in [2.45, 2.75) is 12.8 Å². The highest BCUT2D eigenvalue weighted by Gasteiger charge is 2.08. The molecule has 1 heterocycles. The van der Waals surface area contributed by atoms with Crippen LogP contribution in [0.25, 0.3) is 11.4 Å². The summed E-state index contributed by atoms with van der Waals surface area (Å²) in [6, 6.07) is 12.7. The van der Waals surface area contributed by atoms with Crippen LogP contribution in [0.1, 0.15) is 12.0 Å². The Labute approximate surface area is 157 Å². The van der Waals surface area contributed by atoms with Gasteiger partial charge in [0.1, 0.15) is 5.75 Å². The topological polar surface area (TPSA) is 97.2 Å². The SMILES string of the molecule is COc1ccc(CCC(=O)Nc2cccc(-c3noc(=O)[nH]3)c2)cc1Br. The van der Waals surface area contributed by atoms with E-state index < -0.39 is 5.76 Å². The average Bonchev–Trinajstić information content (AvgIpc) is 3.07. The molecule has 2 aromatic carbocycles. The quantitative estimate of drug-likeness (QED) is 0.640. The Morgan fingerprint density at radius 1 is 1.31 bits per heavy atom. The number of ether oxygens (including phenoxy) is 1. The molecule has 0 saturated heterocycles. The first-order valence-electron chi connectivity index (χ1n) is 7.84. The number of benzene rings is 2. The number of aromatic nitrogens is 2. The van der Waals surface area contributed by atoms with Crippen LogP contribution >= 0.6 is 15.9 Å². The maximum absolute atomic E-state index is 12.2. The highest BCUT2D eigenvalue weighted by molar-refractivity contribution is 9.10. The van der Waals surface area contributed by atoms with Gasteiger partial charge in [0.2, 0.25) is 5.91 Å². The van der Waals surface area contributed by atoms with Gasteiger partial charge in [-0.05, 0) is 52.2 Å². The summed E-state index contributed by atoms with van der Waals surface area (Å²) in [6.45, 7) is 0. The van der Waals surface area contributed by atoms with Gasteiger partial charge in [-0.25, -0.2) is 4.79 Å². The molecule has 2 N–H and O–H groups in total. The third-order valence-electron chi connectivity index (χ3n) is 3.72. The number of rotatable bonds is 6. The minimum Gasteiger partial charge on any atom is -0.496 e. The summed E-state index contributed by atoms with van der Waals surface area (Å²) in [7, 11) is 1.61. The zero-order valence-corrected chi connectivity index (χ0v) is 15.5. The van der Waals surface area contributed by atoms with E-state index in [-0.39, 0.29) is 5.91 Å². The zero-order chi connectivity index (χ0) is 18.5. The summed E-state index contributed by atoms with van der Waals surface area (Å²) in [4.78, 5) is 25.7. The second-order valence-corrected chi connectivity index (χ2v) is 6.40. The largest absolute Gasteiger partial charge is 0.496 e. The van der Waals surface area contributed by atoms with E-state index in [1.165, 1.54) is 0 Å². The van der Waals surface area contributed by atoms with Gasteiger partial charge in [0.05, 0.1) is 11.6 Å². The van der Waals surface area contributed by atoms with E-state index in [1.54, 1.807) is 31.4 Å². The summed E-state index contributed by atoms with van der Waals surface area (Å²) in [5.74, 6) is 0.331. The number of aryl methyl sites for hydroxylation is 1. The zero-order valence-electron chi connectivity index (χ0n) is 13.9. The maximum atomic E-state index is 12.2. The monoisotopic (exact) mass is 417 g/mol. The van der Waals surface area contributed by atoms with Gasteiger partial charge in [0.25, 0.3) is 0 Å². The van der Waals surface area contributed by atoms with E-state index in [2.05, 4.69) is 35.9 Å². The molecule has 0 spiro atoms. The molecule has 26 heavy (non-hydrogen) atoms. The number of carbonyl (C=O) groups is 1. The number of methoxy groups -OCH3 is 1. The summed E-state index contributed by atoms with van der Waals surface area (Å²) < 4.78 is 10.5. The van der Waals surface area contributed by atoms with Crippen LogP contribution in [-0.4, -0.2) is 23.2 Å². The smallest absolute Gasteiger partial charge is 0.439 e. The highest BCUT2D eigenvalue weighted by Crippen LogP contribution is 2.26. The first-order chi connectivity index (χ1) is 12.5. The van der Waals surface area contributed by atoms with Crippen LogP contribution in [0.3, 0.4) is 0 Å². The Morgan fingerprint density at radius 2 is 2.15 bits per heavy atom. The number of anilines is 1. The molecule has 0 aliphatic heterocycles. The van der Waals surface area contributed by atoms with E-state index in [9.17, 15) is 9.59 Å². The fraction of sp³-hybridized carbons (Fsp3) is 0.167. The molecule has 3 aromatic rings. The van der Waals surface area contributed by atoms with Crippen molar-refractivity contribution in [3.05, 3.63) is 63.1 Å². The minimum absolute atomic E-state index is 0.109. The Morgan fingerprint density at radius 3 is 2.85 bits per heavy atom. The van der Waals surface area contributed by atoms with Crippen molar-refractivity contribution < 1.29 is 14.1 Å². The number of H-pyrrole nitrogens is 1. The summed E-state index contributed by atoms with van der Waals surface area (Å²) in [5.41, 5.74) is 2.29. The lowest BCUT2D eigenvalue weighted by molar-refractivity contribution is -0.116. The molecule has 1 aromatic heterocycles. The molecule has 0 radical (unpaired) electrons.